The number of hydrogen-bond donors (Lipinski definition) is 3. The van der Waals surface area contributed by atoms with Crippen molar-refractivity contribution in [3.63, 3.8) is 0 Å². The number of amides is 1. The molecular weight excluding hydrogens is 395 g/mol. The van der Waals surface area contributed by atoms with Crippen molar-refractivity contribution in [2.24, 2.45) is 11.7 Å². The number of benzene rings is 1. The minimum absolute atomic E-state index is 0.00253. The Hall–Kier alpha value is -2.35. The molecule has 7 heteroatoms. The third-order valence-corrected chi connectivity index (χ3v) is 6.39. The first-order valence-corrected chi connectivity index (χ1v) is 11.1. The Morgan fingerprint density at radius 1 is 1.29 bits per heavy atom. The lowest BCUT2D eigenvalue weighted by Crippen LogP contribution is -2.39. The Labute approximate surface area is 182 Å². The van der Waals surface area contributed by atoms with Gasteiger partial charge >= 0.3 is 0 Å². The lowest BCUT2D eigenvalue weighted by molar-refractivity contribution is -0.118. The molecule has 1 aliphatic heterocycles. The highest BCUT2D eigenvalue weighted by Gasteiger charge is 2.34. The van der Waals surface area contributed by atoms with Gasteiger partial charge in [0.15, 0.2) is 0 Å². The predicted octanol–water partition coefficient (Wildman–Crippen LogP) is 3.32. The fraction of sp³-hybridized carbons (Fsp3) is 0.500. The first-order chi connectivity index (χ1) is 15.0. The zero-order valence-electron chi connectivity index (χ0n) is 17.9. The van der Waals surface area contributed by atoms with Crippen molar-refractivity contribution in [3.05, 3.63) is 59.7 Å². The number of carbonyl (C=O) groups is 1. The average molecular weight is 427 g/mol. The van der Waals surface area contributed by atoms with E-state index in [0.29, 0.717) is 19.6 Å². The van der Waals surface area contributed by atoms with E-state index < -0.39 is 17.4 Å². The van der Waals surface area contributed by atoms with Crippen molar-refractivity contribution in [2.45, 2.75) is 56.7 Å². The first kappa shape index (κ1) is 21.9. The van der Waals surface area contributed by atoms with Crippen LogP contribution in [0, 0.1) is 11.7 Å². The Kier molecular flexibility index (Phi) is 6.65. The number of hydrogen-bond acceptors (Lipinski definition) is 5. The van der Waals surface area contributed by atoms with Crippen molar-refractivity contribution in [3.8, 4) is 0 Å². The Morgan fingerprint density at radius 2 is 2.06 bits per heavy atom. The number of nitrogens with zero attached hydrogens (tertiary/aromatic N) is 1. The largest absolute Gasteiger partial charge is 0.377 e. The number of carbonyl (C=O) groups excluding carboxylic acids is 1. The summed E-state index contributed by atoms with van der Waals surface area (Å²) in [6.07, 6.45) is 8.27. The maximum absolute atomic E-state index is 14.6. The van der Waals surface area contributed by atoms with Crippen LogP contribution in [-0.2, 0) is 15.1 Å². The van der Waals surface area contributed by atoms with E-state index in [9.17, 15) is 9.18 Å². The van der Waals surface area contributed by atoms with E-state index in [0.717, 1.165) is 29.9 Å². The summed E-state index contributed by atoms with van der Waals surface area (Å²) in [4.78, 5) is 16.8. The molecule has 0 bridgehead atoms. The van der Waals surface area contributed by atoms with Crippen LogP contribution in [0.5, 0.6) is 0 Å². The van der Waals surface area contributed by atoms with Crippen molar-refractivity contribution in [2.75, 3.05) is 18.5 Å². The maximum Gasteiger partial charge on any atom is 0.241 e. The van der Waals surface area contributed by atoms with Crippen LogP contribution in [-0.4, -0.2) is 36.2 Å². The van der Waals surface area contributed by atoms with Crippen LogP contribution in [0.15, 0.2) is 42.7 Å². The normalized spacial score (nSPS) is 22.8. The van der Waals surface area contributed by atoms with Crippen molar-refractivity contribution >= 4 is 11.6 Å². The molecule has 6 nitrogen and oxygen atoms in total. The fourth-order valence-electron chi connectivity index (χ4n) is 4.33. The summed E-state index contributed by atoms with van der Waals surface area (Å²) in [7, 11) is 0. The van der Waals surface area contributed by atoms with Crippen LogP contribution in [0.1, 0.15) is 50.2 Å². The number of nitrogens with two attached hydrogens (primary N) is 1. The second-order valence-electron chi connectivity index (χ2n) is 8.65. The van der Waals surface area contributed by atoms with Gasteiger partial charge in [-0.25, -0.2) is 4.39 Å². The van der Waals surface area contributed by atoms with Gasteiger partial charge in [0.1, 0.15) is 5.82 Å². The number of aromatic nitrogens is 1. The molecule has 2 heterocycles. The van der Waals surface area contributed by atoms with Gasteiger partial charge in [-0.15, -0.1) is 0 Å². The summed E-state index contributed by atoms with van der Waals surface area (Å²) in [5.74, 6) is -0.0189. The summed E-state index contributed by atoms with van der Waals surface area (Å²) in [6.45, 7) is 3.15. The number of nitrogens with one attached hydrogen (secondary N) is 2. The standard InChI is InChI=1S/C24H31FN4O2/c1-2-31-19-14-22(28-15-19)23(30)29-21-13-18(5-6-20(21)25)24(26,10-7-16-3-4-16)17-8-11-27-12-9-17/h5-6,8-9,11-13,16,19,22,28H,2-4,7,10,14-15,26H2,1H3,(H,29,30). The number of halogens is 1. The van der Waals surface area contributed by atoms with Crippen LogP contribution in [0.2, 0.25) is 0 Å². The topological polar surface area (TPSA) is 89.3 Å². The molecule has 3 unspecified atom stereocenters. The molecule has 1 aliphatic carbocycles. The van der Waals surface area contributed by atoms with Crippen LogP contribution >= 0.6 is 0 Å². The predicted molar refractivity (Wildman–Crippen MR) is 118 cm³/mol. The van der Waals surface area contributed by atoms with Crippen molar-refractivity contribution in [1.29, 1.82) is 0 Å². The first-order valence-electron chi connectivity index (χ1n) is 11.1. The zero-order valence-corrected chi connectivity index (χ0v) is 17.9. The Bertz CT molecular complexity index is 906. The number of anilines is 1. The fourth-order valence-corrected chi connectivity index (χ4v) is 4.33. The molecule has 2 fully saturated rings. The molecular formula is C24H31FN4O2. The van der Waals surface area contributed by atoms with Gasteiger partial charge in [0.05, 0.1) is 23.4 Å². The van der Waals surface area contributed by atoms with Gasteiger partial charge in [0, 0.05) is 25.5 Å². The summed E-state index contributed by atoms with van der Waals surface area (Å²) in [5, 5.41) is 5.91. The van der Waals surface area contributed by atoms with E-state index in [4.69, 9.17) is 10.5 Å². The van der Waals surface area contributed by atoms with E-state index in [2.05, 4.69) is 15.6 Å². The summed E-state index contributed by atoms with van der Waals surface area (Å²) < 4.78 is 20.2. The summed E-state index contributed by atoms with van der Waals surface area (Å²) >= 11 is 0. The molecule has 1 aromatic carbocycles. The van der Waals surface area contributed by atoms with Crippen LogP contribution < -0.4 is 16.4 Å². The Balaban J connectivity index is 1.55. The maximum atomic E-state index is 14.6. The number of rotatable bonds is 9. The molecule has 4 rings (SSSR count). The van der Waals surface area contributed by atoms with Crippen LogP contribution in [0.25, 0.3) is 0 Å². The monoisotopic (exact) mass is 426 g/mol. The molecule has 1 aromatic heterocycles. The number of ether oxygens (including phenoxy) is 1. The van der Waals surface area contributed by atoms with E-state index in [1.807, 2.05) is 19.1 Å². The number of pyridine rings is 1. The molecule has 0 radical (unpaired) electrons. The molecule has 166 valence electrons. The van der Waals surface area contributed by atoms with Gasteiger partial charge in [0.25, 0.3) is 0 Å². The van der Waals surface area contributed by atoms with Gasteiger partial charge in [-0.3, -0.25) is 9.78 Å². The quantitative estimate of drug-likeness (QED) is 0.572. The molecule has 2 aliphatic rings. The van der Waals surface area contributed by atoms with Crippen molar-refractivity contribution in [1.82, 2.24) is 10.3 Å². The van der Waals surface area contributed by atoms with E-state index in [-0.39, 0.29) is 17.7 Å². The third kappa shape index (κ3) is 5.11. The molecule has 31 heavy (non-hydrogen) atoms. The lowest BCUT2D eigenvalue weighted by Gasteiger charge is -2.31. The van der Waals surface area contributed by atoms with E-state index in [1.165, 1.54) is 18.9 Å². The van der Waals surface area contributed by atoms with Gasteiger partial charge in [-0.2, -0.15) is 0 Å². The van der Waals surface area contributed by atoms with Gasteiger partial charge in [-0.1, -0.05) is 18.9 Å². The zero-order chi connectivity index (χ0) is 21.8. The molecule has 1 saturated carbocycles. The lowest BCUT2D eigenvalue weighted by atomic mass is 9.79. The Morgan fingerprint density at radius 3 is 2.77 bits per heavy atom. The van der Waals surface area contributed by atoms with Crippen LogP contribution in [0.3, 0.4) is 0 Å². The minimum atomic E-state index is -0.773. The minimum Gasteiger partial charge on any atom is -0.377 e. The second-order valence-corrected chi connectivity index (χ2v) is 8.65. The highest BCUT2D eigenvalue weighted by atomic mass is 19.1. The summed E-state index contributed by atoms with van der Waals surface area (Å²) in [5.41, 5.74) is 8.04. The van der Waals surface area contributed by atoms with Gasteiger partial charge < -0.3 is 21.1 Å². The highest BCUT2D eigenvalue weighted by molar-refractivity contribution is 5.95. The smallest absolute Gasteiger partial charge is 0.241 e. The molecule has 0 spiro atoms. The third-order valence-electron chi connectivity index (χ3n) is 6.39. The van der Waals surface area contributed by atoms with Gasteiger partial charge in [0.2, 0.25) is 5.91 Å². The SMILES string of the molecule is CCOC1CNC(C(=O)Nc2cc(C(N)(CCC3CC3)c3ccncc3)ccc2F)C1. The van der Waals surface area contributed by atoms with Gasteiger partial charge in [-0.05, 0) is 67.5 Å². The molecule has 3 atom stereocenters. The van der Waals surface area contributed by atoms with Crippen LogP contribution in [0.4, 0.5) is 10.1 Å². The second kappa shape index (κ2) is 9.42. The van der Waals surface area contributed by atoms with E-state index in [1.54, 1.807) is 24.5 Å². The molecule has 4 N–H and O–H groups in total. The molecule has 2 aromatic rings. The van der Waals surface area contributed by atoms with Crippen molar-refractivity contribution < 1.29 is 13.9 Å². The average Bonchev–Trinajstić information content (AvgIpc) is 3.50. The molecule has 1 amide bonds. The van der Waals surface area contributed by atoms with E-state index >= 15 is 0 Å². The highest BCUT2D eigenvalue weighted by Crippen LogP contribution is 2.40. The molecule has 1 saturated heterocycles. The summed E-state index contributed by atoms with van der Waals surface area (Å²) in [6, 6.07) is 8.19.